The highest BCUT2D eigenvalue weighted by Crippen LogP contribution is 2.33. The van der Waals surface area contributed by atoms with E-state index in [1.807, 2.05) is 31.3 Å². The number of rotatable bonds is 4. The highest BCUT2D eigenvalue weighted by Gasteiger charge is 2.22. The zero-order chi connectivity index (χ0) is 13.4. The molecule has 2 N–H and O–H groups in total. The van der Waals surface area contributed by atoms with Crippen LogP contribution in [-0.2, 0) is 0 Å². The van der Waals surface area contributed by atoms with E-state index in [0.717, 1.165) is 28.8 Å². The van der Waals surface area contributed by atoms with Gasteiger partial charge in [0.25, 0.3) is 0 Å². The summed E-state index contributed by atoms with van der Waals surface area (Å²) in [5.41, 5.74) is 7.76. The van der Waals surface area contributed by atoms with Crippen molar-refractivity contribution < 1.29 is 4.74 Å². The van der Waals surface area contributed by atoms with Crippen LogP contribution >= 0.6 is 11.6 Å². The van der Waals surface area contributed by atoms with Crippen molar-refractivity contribution in [3.63, 3.8) is 0 Å². The average molecular weight is 277 g/mol. The molecule has 0 aliphatic heterocycles. The molecular weight excluding hydrogens is 260 g/mol. The Labute approximate surface area is 117 Å². The molecule has 1 atom stereocenters. The van der Waals surface area contributed by atoms with Crippen molar-refractivity contribution in [1.82, 2.24) is 4.98 Å². The fourth-order valence-electron chi connectivity index (χ4n) is 2.00. The first-order valence-corrected chi connectivity index (χ1v) is 6.99. The van der Waals surface area contributed by atoms with Gasteiger partial charge in [0, 0.05) is 23.7 Å². The monoisotopic (exact) mass is 276 g/mol. The van der Waals surface area contributed by atoms with Gasteiger partial charge in [0.2, 0.25) is 0 Å². The summed E-state index contributed by atoms with van der Waals surface area (Å²) in [6.07, 6.45) is 4.34. The number of pyridine rings is 1. The van der Waals surface area contributed by atoms with Crippen LogP contribution in [0.3, 0.4) is 0 Å². The van der Waals surface area contributed by atoms with Crippen LogP contribution in [0.2, 0.25) is 5.02 Å². The van der Waals surface area contributed by atoms with Crippen LogP contribution in [0.4, 0.5) is 0 Å². The summed E-state index contributed by atoms with van der Waals surface area (Å²) in [4.78, 5) is 4.43. The second-order valence-corrected chi connectivity index (χ2v) is 5.69. The number of nitrogens with zero attached hydrogens (tertiary/aromatic N) is 1. The standard InChI is InChI=1S/C15H17ClN2O/c1-9(17)12-4-11-5-13(16)15(6-14(11)18-7-12)19-8-10-2-3-10/h4-7,9-10H,2-3,8,17H2,1H3/t9-/m0/s1. The molecule has 2 aromatic rings. The summed E-state index contributed by atoms with van der Waals surface area (Å²) < 4.78 is 5.75. The Hall–Kier alpha value is -1.32. The van der Waals surface area contributed by atoms with E-state index in [1.165, 1.54) is 12.8 Å². The van der Waals surface area contributed by atoms with Crippen LogP contribution in [0.25, 0.3) is 10.9 Å². The molecule has 1 aliphatic carbocycles. The Morgan fingerprint density at radius 1 is 1.42 bits per heavy atom. The van der Waals surface area contributed by atoms with Gasteiger partial charge in [-0.05, 0) is 43.4 Å². The zero-order valence-electron chi connectivity index (χ0n) is 10.9. The summed E-state index contributed by atoms with van der Waals surface area (Å²) in [6.45, 7) is 2.70. The van der Waals surface area contributed by atoms with E-state index < -0.39 is 0 Å². The van der Waals surface area contributed by atoms with Gasteiger partial charge in [-0.3, -0.25) is 4.98 Å². The van der Waals surface area contributed by atoms with Crippen LogP contribution in [0, 0.1) is 5.92 Å². The number of fused-ring (bicyclic) bond motifs is 1. The third-order valence-corrected chi connectivity index (χ3v) is 3.75. The molecule has 1 fully saturated rings. The van der Waals surface area contributed by atoms with E-state index in [1.54, 1.807) is 0 Å². The van der Waals surface area contributed by atoms with E-state index in [2.05, 4.69) is 4.98 Å². The molecule has 3 rings (SSSR count). The lowest BCUT2D eigenvalue weighted by Crippen LogP contribution is -2.05. The molecule has 0 bridgehead atoms. The summed E-state index contributed by atoms with van der Waals surface area (Å²) in [5, 5.41) is 1.63. The van der Waals surface area contributed by atoms with Crippen LogP contribution < -0.4 is 10.5 Å². The van der Waals surface area contributed by atoms with Crippen molar-refractivity contribution in [2.45, 2.75) is 25.8 Å². The molecule has 0 spiro atoms. The molecule has 100 valence electrons. The number of hydrogen-bond donors (Lipinski definition) is 1. The number of benzene rings is 1. The van der Waals surface area contributed by atoms with E-state index in [-0.39, 0.29) is 6.04 Å². The maximum atomic E-state index is 6.25. The molecular formula is C15H17ClN2O. The highest BCUT2D eigenvalue weighted by atomic mass is 35.5. The lowest BCUT2D eigenvalue weighted by Gasteiger charge is -2.10. The number of ether oxygens (including phenoxy) is 1. The van der Waals surface area contributed by atoms with E-state index in [0.29, 0.717) is 10.9 Å². The summed E-state index contributed by atoms with van der Waals surface area (Å²) in [5.74, 6) is 1.43. The van der Waals surface area contributed by atoms with Crippen molar-refractivity contribution >= 4 is 22.5 Å². The van der Waals surface area contributed by atoms with E-state index in [4.69, 9.17) is 22.1 Å². The lowest BCUT2D eigenvalue weighted by atomic mass is 10.1. The molecule has 1 aromatic carbocycles. The van der Waals surface area contributed by atoms with Gasteiger partial charge in [-0.15, -0.1) is 0 Å². The zero-order valence-corrected chi connectivity index (χ0v) is 11.7. The minimum absolute atomic E-state index is 0.0264. The first-order valence-electron chi connectivity index (χ1n) is 6.61. The van der Waals surface area contributed by atoms with Crippen LogP contribution in [0.5, 0.6) is 5.75 Å². The van der Waals surface area contributed by atoms with Crippen molar-refractivity contribution in [1.29, 1.82) is 0 Å². The van der Waals surface area contributed by atoms with Crippen molar-refractivity contribution in [3.05, 3.63) is 35.0 Å². The summed E-state index contributed by atoms with van der Waals surface area (Å²) in [7, 11) is 0. The Kier molecular flexibility index (Phi) is 3.33. The van der Waals surface area contributed by atoms with Crippen molar-refractivity contribution in [2.24, 2.45) is 11.7 Å². The second kappa shape index (κ2) is 4.99. The normalized spacial score (nSPS) is 16.6. The van der Waals surface area contributed by atoms with Crippen LogP contribution in [0.15, 0.2) is 24.4 Å². The molecule has 0 unspecified atom stereocenters. The van der Waals surface area contributed by atoms with E-state index in [9.17, 15) is 0 Å². The van der Waals surface area contributed by atoms with Gasteiger partial charge >= 0.3 is 0 Å². The number of hydrogen-bond acceptors (Lipinski definition) is 3. The third kappa shape index (κ3) is 2.82. The van der Waals surface area contributed by atoms with Gasteiger partial charge in [-0.2, -0.15) is 0 Å². The van der Waals surface area contributed by atoms with Gasteiger partial charge in [0.15, 0.2) is 0 Å². The molecule has 19 heavy (non-hydrogen) atoms. The fourth-order valence-corrected chi connectivity index (χ4v) is 2.22. The molecule has 0 amide bonds. The van der Waals surface area contributed by atoms with E-state index >= 15 is 0 Å². The molecule has 0 saturated heterocycles. The van der Waals surface area contributed by atoms with Crippen molar-refractivity contribution in [3.8, 4) is 5.75 Å². The predicted octanol–water partition coefficient (Wildman–Crippen LogP) is 3.70. The maximum absolute atomic E-state index is 6.25. The number of aromatic nitrogens is 1. The SMILES string of the molecule is C[C@H](N)c1cnc2cc(OCC3CC3)c(Cl)cc2c1. The molecule has 0 radical (unpaired) electrons. The summed E-state index contributed by atoms with van der Waals surface area (Å²) >= 11 is 6.25. The molecule has 1 heterocycles. The lowest BCUT2D eigenvalue weighted by molar-refractivity contribution is 0.300. The predicted molar refractivity (Wildman–Crippen MR) is 77.6 cm³/mol. The third-order valence-electron chi connectivity index (χ3n) is 3.45. The molecule has 4 heteroatoms. The number of nitrogens with two attached hydrogens (primary N) is 1. The van der Waals surface area contributed by atoms with Gasteiger partial charge in [0.05, 0.1) is 17.1 Å². The number of halogens is 1. The first kappa shape index (κ1) is 12.7. The van der Waals surface area contributed by atoms with Crippen molar-refractivity contribution in [2.75, 3.05) is 6.61 Å². The largest absolute Gasteiger partial charge is 0.492 e. The quantitative estimate of drug-likeness (QED) is 0.926. The average Bonchev–Trinajstić information content (AvgIpc) is 3.19. The van der Waals surface area contributed by atoms with Gasteiger partial charge in [-0.1, -0.05) is 11.6 Å². The smallest absolute Gasteiger partial charge is 0.140 e. The highest BCUT2D eigenvalue weighted by molar-refractivity contribution is 6.32. The molecule has 1 saturated carbocycles. The molecule has 1 aliphatic rings. The minimum atomic E-state index is -0.0264. The summed E-state index contributed by atoms with van der Waals surface area (Å²) in [6, 6.07) is 5.81. The fraction of sp³-hybridized carbons (Fsp3) is 0.400. The molecule has 3 nitrogen and oxygen atoms in total. The van der Waals surface area contributed by atoms with Crippen LogP contribution in [-0.4, -0.2) is 11.6 Å². The van der Waals surface area contributed by atoms with Gasteiger partial charge in [0.1, 0.15) is 5.75 Å². The topological polar surface area (TPSA) is 48.1 Å². The Morgan fingerprint density at radius 2 is 2.21 bits per heavy atom. The molecule has 1 aromatic heterocycles. The Balaban J connectivity index is 1.92. The minimum Gasteiger partial charge on any atom is -0.492 e. The maximum Gasteiger partial charge on any atom is 0.140 e. The Bertz CT molecular complexity index is 608. The van der Waals surface area contributed by atoms with Gasteiger partial charge in [-0.25, -0.2) is 0 Å². The first-order chi connectivity index (χ1) is 9.13. The Morgan fingerprint density at radius 3 is 2.89 bits per heavy atom. The van der Waals surface area contributed by atoms with Gasteiger partial charge < -0.3 is 10.5 Å². The second-order valence-electron chi connectivity index (χ2n) is 5.29. The van der Waals surface area contributed by atoms with Crippen LogP contribution in [0.1, 0.15) is 31.4 Å².